The van der Waals surface area contributed by atoms with Crippen molar-refractivity contribution in [2.24, 2.45) is 0 Å². The van der Waals surface area contributed by atoms with Gasteiger partial charge in [-0.15, -0.1) is 0 Å². The lowest BCUT2D eigenvalue weighted by Gasteiger charge is -2.15. The first-order valence-corrected chi connectivity index (χ1v) is 11.2. The van der Waals surface area contributed by atoms with Gasteiger partial charge in [-0.25, -0.2) is 9.59 Å². The molecule has 0 radical (unpaired) electrons. The molecular formula is C28H24ClNO5. The van der Waals surface area contributed by atoms with Gasteiger partial charge in [0.25, 0.3) is 0 Å². The molecule has 0 spiro atoms. The van der Waals surface area contributed by atoms with Gasteiger partial charge in [-0.1, -0.05) is 54.1 Å². The summed E-state index contributed by atoms with van der Waals surface area (Å²) in [6.45, 7) is 0. The molecule has 35 heavy (non-hydrogen) atoms. The van der Waals surface area contributed by atoms with Crippen LogP contribution in [0.25, 0.3) is 16.8 Å². The van der Waals surface area contributed by atoms with Crippen LogP contribution in [0.15, 0.2) is 78.9 Å². The summed E-state index contributed by atoms with van der Waals surface area (Å²) in [5, 5.41) is 0.556. The predicted octanol–water partition coefficient (Wildman–Crippen LogP) is 5.97. The third-order valence-corrected chi connectivity index (χ3v) is 5.97. The molecule has 0 atom stereocenters. The minimum Gasteiger partial charge on any atom is -0.497 e. The van der Waals surface area contributed by atoms with Gasteiger partial charge in [0.05, 0.1) is 21.3 Å². The minimum absolute atomic E-state index is 0.0837. The van der Waals surface area contributed by atoms with Gasteiger partial charge >= 0.3 is 11.9 Å². The number of ether oxygens (including phenoxy) is 3. The van der Waals surface area contributed by atoms with Crippen molar-refractivity contribution in [3.05, 3.63) is 106 Å². The zero-order valence-corrected chi connectivity index (χ0v) is 20.3. The summed E-state index contributed by atoms with van der Waals surface area (Å²) < 4.78 is 17.3. The number of nitrogens with zero attached hydrogens (tertiary/aromatic N) is 1. The molecule has 0 unspecified atom stereocenters. The number of halogens is 1. The van der Waals surface area contributed by atoms with Gasteiger partial charge in [-0.3, -0.25) is 0 Å². The fraction of sp³-hybridized carbons (Fsp3) is 0.143. The van der Waals surface area contributed by atoms with Crippen LogP contribution in [-0.4, -0.2) is 37.8 Å². The third-order valence-electron chi connectivity index (χ3n) is 5.72. The lowest BCUT2D eigenvalue weighted by atomic mass is 9.97. The van der Waals surface area contributed by atoms with Crippen LogP contribution in [0.4, 0.5) is 0 Å². The van der Waals surface area contributed by atoms with Crippen LogP contribution >= 0.6 is 11.6 Å². The summed E-state index contributed by atoms with van der Waals surface area (Å²) >= 11 is 6.15. The molecule has 0 fully saturated rings. The van der Waals surface area contributed by atoms with Crippen molar-refractivity contribution in [1.29, 1.82) is 0 Å². The maximum Gasteiger partial charge on any atom is 0.355 e. The second kappa shape index (κ2) is 10.5. The fourth-order valence-electron chi connectivity index (χ4n) is 4.11. The Morgan fingerprint density at radius 3 is 2.00 bits per heavy atom. The Kier molecular flexibility index (Phi) is 7.22. The number of benzene rings is 3. The van der Waals surface area contributed by atoms with Gasteiger partial charge in [0, 0.05) is 28.4 Å². The van der Waals surface area contributed by atoms with E-state index in [-0.39, 0.29) is 11.3 Å². The summed E-state index contributed by atoms with van der Waals surface area (Å²) in [6.07, 6.45) is 0.436. The molecule has 0 aliphatic carbocycles. The average molecular weight is 490 g/mol. The number of hydrogen-bond donors (Lipinski definition) is 0. The van der Waals surface area contributed by atoms with E-state index < -0.39 is 11.9 Å². The normalized spacial score (nSPS) is 10.6. The first-order chi connectivity index (χ1) is 17.0. The Labute approximate surface area is 208 Å². The second-order valence-corrected chi connectivity index (χ2v) is 8.17. The Morgan fingerprint density at radius 2 is 1.43 bits per heavy atom. The van der Waals surface area contributed by atoms with Gasteiger partial charge in [0.1, 0.15) is 17.0 Å². The molecule has 6 nitrogen and oxygen atoms in total. The van der Waals surface area contributed by atoms with Crippen LogP contribution in [0, 0.1) is 0 Å². The largest absolute Gasteiger partial charge is 0.497 e. The number of methoxy groups -OCH3 is 3. The molecule has 0 saturated heterocycles. The van der Waals surface area contributed by atoms with Crippen molar-refractivity contribution in [1.82, 2.24) is 4.57 Å². The number of esters is 2. The topological polar surface area (TPSA) is 66.8 Å². The van der Waals surface area contributed by atoms with Crippen LogP contribution in [0.5, 0.6) is 5.75 Å². The Bertz CT molecular complexity index is 1340. The monoisotopic (exact) mass is 489 g/mol. The quantitative estimate of drug-likeness (QED) is 0.299. The molecular weight excluding hydrogens is 466 g/mol. The molecule has 0 amide bonds. The molecule has 4 aromatic rings. The van der Waals surface area contributed by atoms with E-state index in [1.807, 2.05) is 54.6 Å². The van der Waals surface area contributed by atoms with Crippen LogP contribution in [0.3, 0.4) is 0 Å². The summed E-state index contributed by atoms with van der Waals surface area (Å²) in [5.74, 6) is -0.635. The lowest BCUT2D eigenvalue weighted by Crippen LogP contribution is -2.16. The van der Waals surface area contributed by atoms with Gasteiger partial charge in [0.2, 0.25) is 0 Å². The average Bonchev–Trinajstić information content (AvgIpc) is 3.23. The summed E-state index contributed by atoms with van der Waals surface area (Å²) in [5.41, 5.74) is 3.91. The molecule has 178 valence electrons. The van der Waals surface area contributed by atoms with Crippen LogP contribution < -0.4 is 4.74 Å². The number of aromatic nitrogens is 1. The van der Waals surface area contributed by atoms with Crippen molar-refractivity contribution in [3.8, 4) is 22.6 Å². The van der Waals surface area contributed by atoms with E-state index in [1.165, 1.54) is 14.2 Å². The first kappa shape index (κ1) is 24.1. The molecule has 0 bridgehead atoms. The maximum absolute atomic E-state index is 13.2. The molecule has 1 heterocycles. The van der Waals surface area contributed by atoms with E-state index in [1.54, 1.807) is 35.9 Å². The Hall–Kier alpha value is -4.03. The van der Waals surface area contributed by atoms with E-state index in [2.05, 4.69) is 0 Å². The van der Waals surface area contributed by atoms with E-state index in [4.69, 9.17) is 25.8 Å². The van der Waals surface area contributed by atoms with E-state index >= 15 is 0 Å². The number of hydrogen-bond acceptors (Lipinski definition) is 5. The third kappa shape index (κ3) is 4.79. The summed E-state index contributed by atoms with van der Waals surface area (Å²) in [6, 6.07) is 24.2. The van der Waals surface area contributed by atoms with Crippen LogP contribution in [0.1, 0.15) is 32.1 Å². The van der Waals surface area contributed by atoms with Crippen molar-refractivity contribution < 1.29 is 23.8 Å². The summed E-state index contributed by atoms with van der Waals surface area (Å²) in [4.78, 5) is 26.4. The molecule has 1 aromatic heterocycles. The van der Waals surface area contributed by atoms with Gasteiger partial charge < -0.3 is 18.8 Å². The standard InChI is InChI=1S/C28H24ClNO5/c1-33-22-15-13-21(14-16-22)30-23(17-18-7-5-4-6-8-18)24(19-9-11-20(29)12-10-19)25(27(31)34-2)26(30)28(32)35-3/h4-16H,17H2,1-3H3. The highest BCUT2D eigenvalue weighted by Gasteiger charge is 2.33. The molecule has 0 aliphatic heterocycles. The predicted molar refractivity (Wildman–Crippen MR) is 135 cm³/mol. The number of carbonyl (C=O) groups is 2. The smallest absolute Gasteiger partial charge is 0.355 e. The molecule has 0 aliphatic rings. The van der Waals surface area contributed by atoms with Gasteiger partial charge in [-0.2, -0.15) is 0 Å². The second-order valence-electron chi connectivity index (χ2n) is 7.73. The fourth-order valence-corrected chi connectivity index (χ4v) is 4.24. The van der Waals surface area contributed by atoms with Gasteiger partial charge in [0.15, 0.2) is 0 Å². The van der Waals surface area contributed by atoms with Crippen molar-refractivity contribution in [2.45, 2.75) is 6.42 Å². The number of rotatable bonds is 7. The Morgan fingerprint density at radius 1 is 0.800 bits per heavy atom. The maximum atomic E-state index is 13.2. The zero-order chi connectivity index (χ0) is 24.9. The van der Waals surface area contributed by atoms with Crippen LogP contribution in [-0.2, 0) is 15.9 Å². The molecule has 0 saturated carbocycles. The lowest BCUT2D eigenvalue weighted by molar-refractivity contribution is 0.0550. The van der Waals surface area contributed by atoms with E-state index in [9.17, 15) is 9.59 Å². The van der Waals surface area contributed by atoms with Crippen molar-refractivity contribution >= 4 is 23.5 Å². The van der Waals surface area contributed by atoms with E-state index in [0.29, 0.717) is 28.4 Å². The summed E-state index contributed by atoms with van der Waals surface area (Å²) in [7, 11) is 4.16. The minimum atomic E-state index is -0.657. The SMILES string of the molecule is COC(=O)c1c(-c2ccc(Cl)cc2)c(Cc2ccccc2)n(-c2ccc(OC)cc2)c1C(=O)OC. The first-order valence-electron chi connectivity index (χ1n) is 10.9. The molecule has 7 heteroatoms. The highest BCUT2D eigenvalue weighted by atomic mass is 35.5. The number of carbonyl (C=O) groups excluding carboxylic acids is 2. The van der Waals surface area contributed by atoms with Crippen molar-refractivity contribution in [3.63, 3.8) is 0 Å². The Balaban J connectivity index is 2.13. The highest BCUT2D eigenvalue weighted by molar-refractivity contribution is 6.30. The molecule has 3 aromatic carbocycles. The zero-order valence-electron chi connectivity index (χ0n) is 19.6. The molecule has 0 N–H and O–H groups in total. The highest BCUT2D eigenvalue weighted by Crippen LogP contribution is 2.38. The molecule has 4 rings (SSSR count). The van der Waals surface area contributed by atoms with Gasteiger partial charge in [-0.05, 0) is 47.5 Å². The van der Waals surface area contributed by atoms with E-state index in [0.717, 1.165) is 16.8 Å². The van der Waals surface area contributed by atoms with Crippen molar-refractivity contribution in [2.75, 3.05) is 21.3 Å². The van der Waals surface area contributed by atoms with Crippen LogP contribution in [0.2, 0.25) is 5.02 Å².